The van der Waals surface area contributed by atoms with Crippen LogP contribution in [0.5, 0.6) is 0 Å². The standard InChI is InChI=1S/C13H18N2O3/c1-3-18-5-4-15-13(17)11-7-9(2)6-10(8-11)12(14)16/h6-8H,3-5H2,1-2H3,(H2,14,16)(H,15,17). The summed E-state index contributed by atoms with van der Waals surface area (Å²) in [6.07, 6.45) is 0. The lowest BCUT2D eigenvalue weighted by molar-refractivity contribution is 0.0922. The van der Waals surface area contributed by atoms with E-state index in [0.29, 0.717) is 30.9 Å². The molecule has 3 N–H and O–H groups in total. The Bertz CT molecular complexity index is 444. The van der Waals surface area contributed by atoms with Crippen molar-refractivity contribution < 1.29 is 14.3 Å². The van der Waals surface area contributed by atoms with Gasteiger partial charge in [0.1, 0.15) is 0 Å². The molecule has 1 aromatic rings. The molecule has 0 fully saturated rings. The minimum atomic E-state index is -0.540. The quantitative estimate of drug-likeness (QED) is 0.735. The summed E-state index contributed by atoms with van der Waals surface area (Å²) in [7, 11) is 0. The van der Waals surface area contributed by atoms with Crippen molar-refractivity contribution in [2.24, 2.45) is 5.73 Å². The van der Waals surface area contributed by atoms with Gasteiger partial charge in [-0.3, -0.25) is 9.59 Å². The van der Waals surface area contributed by atoms with E-state index in [4.69, 9.17) is 10.5 Å². The molecule has 1 rings (SSSR count). The lowest BCUT2D eigenvalue weighted by Crippen LogP contribution is -2.27. The Labute approximate surface area is 106 Å². The average Bonchev–Trinajstić information content (AvgIpc) is 2.33. The molecule has 0 aliphatic rings. The predicted molar refractivity (Wildman–Crippen MR) is 68.5 cm³/mol. The molecule has 98 valence electrons. The van der Waals surface area contributed by atoms with E-state index >= 15 is 0 Å². The van der Waals surface area contributed by atoms with E-state index in [1.807, 2.05) is 13.8 Å². The summed E-state index contributed by atoms with van der Waals surface area (Å²) in [6.45, 7) is 5.22. The van der Waals surface area contributed by atoms with E-state index in [9.17, 15) is 9.59 Å². The highest BCUT2D eigenvalue weighted by atomic mass is 16.5. The second-order valence-corrected chi connectivity index (χ2v) is 3.90. The van der Waals surface area contributed by atoms with Crippen LogP contribution >= 0.6 is 0 Å². The predicted octanol–water partition coefficient (Wildman–Crippen LogP) is 0.860. The average molecular weight is 250 g/mol. The normalized spacial score (nSPS) is 10.1. The molecule has 0 aliphatic heterocycles. The Balaban J connectivity index is 2.70. The molecule has 0 spiro atoms. The van der Waals surface area contributed by atoms with Crippen molar-refractivity contribution in [3.63, 3.8) is 0 Å². The summed E-state index contributed by atoms with van der Waals surface area (Å²) in [5.41, 5.74) is 6.79. The van der Waals surface area contributed by atoms with Gasteiger partial charge in [-0.25, -0.2) is 0 Å². The Hall–Kier alpha value is -1.88. The van der Waals surface area contributed by atoms with E-state index < -0.39 is 5.91 Å². The van der Waals surface area contributed by atoms with Crippen LogP contribution in [0.4, 0.5) is 0 Å². The number of hydrogen-bond acceptors (Lipinski definition) is 3. The number of hydrogen-bond donors (Lipinski definition) is 2. The Morgan fingerprint density at radius 3 is 2.56 bits per heavy atom. The van der Waals surface area contributed by atoms with Crippen LogP contribution in [0.3, 0.4) is 0 Å². The fraction of sp³-hybridized carbons (Fsp3) is 0.385. The zero-order valence-corrected chi connectivity index (χ0v) is 10.7. The minimum Gasteiger partial charge on any atom is -0.380 e. The number of amides is 2. The van der Waals surface area contributed by atoms with Gasteiger partial charge in [-0.15, -0.1) is 0 Å². The zero-order valence-electron chi connectivity index (χ0n) is 10.7. The zero-order chi connectivity index (χ0) is 13.5. The molecule has 2 amide bonds. The number of carbonyl (C=O) groups is 2. The highest BCUT2D eigenvalue weighted by molar-refractivity contribution is 5.99. The van der Waals surface area contributed by atoms with Crippen LogP contribution in [0.2, 0.25) is 0 Å². The first kappa shape index (κ1) is 14.2. The Morgan fingerprint density at radius 2 is 1.94 bits per heavy atom. The monoisotopic (exact) mass is 250 g/mol. The van der Waals surface area contributed by atoms with Gasteiger partial charge in [-0.05, 0) is 37.6 Å². The van der Waals surface area contributed by atoms with Gasteiger partial charge in [-0.1, -0.05) is 0 Å². The topological polar surface area (TPSA) is 81.4 Å². The number of primary amides is 1. The van der Waals surface area contributed by atoms with Gasteiger partial charge in [0.05, 0.1) is 6.61 Å². The van der Waals surface area contributed by atoms with Gasteiger partial charge in [0.2, 0.25) is 5.91 Å². The van der Waals surface area contributed by atoms with E-state index in [2.05, 4.69) is 5.32 Å². The molecule has 5 nitrogen and oxygen atoms in total. The summed E-state index contributed by atoms with van der Waals surface area (Å²) < 4.78 is 5.12. The summed E-state index contributed by atoms with van der Waals surface area (Å²) in [4.78, 5) is 22.9. The summed E-state index contributed by atoms with van der Waals surface area (Å²) >= 11 is 0. The largest absolute Gasteiger partial charge is 0.380 e. The van der Waals surface area contributed by atoms with Gasteiger partial charge in [-0.2, -0.15) is 0 Å². The molecular formula is C13H18N2O3. The van der Waals surface area contributed by atoms with E-state index in [0.717, 1.165) is 5.56 Å². The van der Waals surface area contributed by atoms with Crippen molar-refractivity contribution in [3.8, 4) is 0 Å². The van der Waals surface area contributed by atoms with Crippen molar-refractivity contribution in [3.05, 3.63) is 34.9 Å². The number of nitrogens with two attached hydrogens (primary N) is 1. The van der Waals surface area contributed by atoms with E-state index in [1.165, 1.54) is 6.07 Å². The van der Waals surface area contributed by atoms with Crippen molar-refractivity contribution >= 4 is 11.8 Å². The van der Waals surface area contributed by atoms with Crippen LogP contribution in [0.15, 0.2) is 18.2 Å². The smallest absolute Gasteiger partial charge is 0.251 e. The third kappa shape index (κ3) is 4.18. The molecular weight excluding hydrogens is 232 g/mol. The van der Waals surface area contributed by atoms with Gasteiger partial charge in [0.15, 0.2) is 0 Å². The number of nitrogens with one attached hydrogen (secondary N) is 1. The highest BCUT2D eigenvalue weighted by Crippen LogP contribution is 2.09. The number of carbonyl (C=O) groups excluding carboxylic acids is 2. The van der Waals surface area contributed by atoms with Crippen LogP contribution in [0, 0.1) is 6.92 Å². The third-order valence-electron chi connectivity index (χ3n) is 2.36. The van der Waals surface area contributed by atoms with Crippen LogP contribution in [-0.4, -0.2) is 31.6 Å². The highest BCUT2D eigenvalue weighted by Gasteiger charge is 2.09. The van der Waals surface area contributed by atoms with Crippen LogP contribution in [0.1, 0.15) is 33.2 Å². The lowest BCUT2D eigenvalue weighted by Gasteiger charge is -2.07. The summed E-state index contributed by atoms with van der Waals surface area (Å²) in [5, 5.41) is 2.71. The lowest BCUT2D eigenvalue weighted by atomic mass is 10.1. The first-order valence-electron chi connectivity index (χ1n) is 5.82. The molecule has 1 aromatic carbocycles. The molecule has 0 atom stereocenters. The van der Waals surface area contributed by atoms with Crippen molar-refractivity contribution in [1.82, 2.24) is 5.32 Å². The molecule has 5 heteroatoms. The molecule has 0 bridgehead atoms. The first-order chi connectivity index (χ1) is 8.54. The molecule has 0 aromatic heterocycles. The molecule has 0 heterocycles. The maximum absolute atomic E-state index is 11.8. The van der Waals surface area contributed by atoms with Crippen LogP contribution in [-0.2, 0) is 4.74 Å². The van der Waals surface area contributed by atoms with Crippen molar-refractivity contribution in [2.75, 3.05) is 19.8 Å². The van der Waals surface area contributed by atoms with Crippen LogP contribution in [0.25, 0.3) is 0 Å². The van der Waals surface area contributed by atoms with Crippen molar-refractivity contribution in [2.45, 2.75) is 13.8 Å². The number of benzene rings is 1. The van der Waals surface area contributed by atoms with Gasteiger partial charge < -0.3 is 15.8 Å². The Morgan fingerprint density at radius 1 is 1.28 bits per heavy atom. The fourth-order valence-electron chi connectivity index (χ4n) is 1.54. The van der Waals surface area contributed by atoms with Gasteiger partial charge in [0, 0.05) is 24.3 Å². The second-order valence-electron chi connectivity index (χ2n) is 3.90. The fourth-order valence-corrected chi connectivity index (χ4v) is 1.54. The maximum Gasteiger partial charge on any atom is 0.251 e. The van der Waals surface area contributed by atoms with Crippen LogP contribution < -0.4 is 11.1 Å². The van der Waals surface area contributed by atoms with E-state index in [-0.39, 0.29) is 5.91 Å². The maximum atomic E-state index is 11.8. The Kier molecular flexibility index (Phi) is 5.32. The summed E-state index contributed by atoms with van der Waals surface area (Å²) in [6, 6.07) is 4.85. The number of ether oxygens (including phenoxy) is 1. The van der Waals surface area contributed by atoms with Gasteiger partial charge >= 0.3 is 0 Å². The SMILES string of the molecule is CCOCCNC(=O)c1cc(C)cc(C(N)=O)c1. The minimum absolute atomic E-state index is 0.235. The summed E-state index contributed by atoms with van der Waals surface area (Å²) in [5.74, 6) is -0.775. The molecule has 0 saturated heterocycles. The molecule has 0 saturated carbocycles. The molecule has 0 aliphatic carbocycles. The molecule has 0 unspecified atom stereocenters. The second kappa shape index (κ2) is 6.76. The van der Waals surface area contributed by atoms with E-state index in [1.54, 1.807) is 12.1 Å². The molecule has 0 radical (unpaired) electrons. The third-order valence-corrected chi connectivity index (χ3v) is 2.36. The first-order valence-corrected chi connectivity index (χ1v) is 5.82. The number of rotatable bonds is 6. The number of aryl methyl sites for hydroxylation is 1. The molecule has 18 heavy (non-hydrogen) atoms. The van der Waals surface area contributed by atoms with Gasteiger partial charge in [0.25, 0.3) is 5.91 Å². The van der Waals surface area contributed by atoms with Crippen molar-refractivity contribution in [1.29, 1.82) is 0 Å².